The van der Waals surface area contributed by atoms with E-state index < -0.39 is 0 Å². The van der Waals surface area contributed by atoms with E-state index in [9.17, 15) is 4.79 Å². The Labute approximate surface area is 160 Å². The third kappa shape index (κ3) is 4.39. The molecule has 0 radical (unpaired) electrons. The van der Waals surface area contributed by atoms with Crippen LogP contribution >= 0.6 is 0 Å². The van der Waals surface area contributed by atoms with E-state index in [4.69, 9.17) is 0 Å². The lowest BCUT2D eigenvalue weighted by atomic mass is 10.1. The normalized spacial score (nSPS) is 17.9. The number of carbonyl (C=O) groups excluding carboxylic acids is 1. The van der Waals surface area contributed by atoms with Crippen LogP contribution in [0.3, 0.4) is 0 Å². The largest absolute Gasteiger partial charge is 0.347 e. The van der Waals surface area contributed by atoms with Crippen LogP contribution in [0.1, 0.15) is 58.6 Å². The smallest absolute Gasteiger partial charge is 0.272 e. The number of fused-ring (bicyclic) bond motifs is 1. The summed E-state index contributed by atoms with van der Waals surface area (Å²) in [5, 5.41) is 13.7. The van der Waals surface area contributed by atoms with Crippen molar-refractivity contribution in [2.24, 2.45) is 0 Å². The molecule has 0 spiro atoms. The van der Waals surface area contributed by atoms with Gasteiger partial charge in [-0.3, -0.25) is 14.8 Å². The number of amides is 1. The predicted molar refractivity (Wildman–Crippen MR) is 105 cm³/mol. The molecule has 0 aliphatic carbocycles. The van der Waals surface area contributed by atoms with E-state index in [1.165, 1.54) is 49.9 Å². The van der Waals surface area contributed by atoms with Gasteiger partial charge in [-0.05, 0) is 37.1 Å². The first kappa shape index (κ1) is 18.2. The molecule has 2 aromatic rings. The summed E-state index contributed by atoms with van der Waals surface area (Å²) in [7, 11) is 0. The first-order valence-corrected chi connectivity index (χ1v) is 10.2. The van der Waals surface area contributed by atoms with Crippen LogP contribution in [-0.2, 0) is 26.1 Å². The lowest BCUT2D eigenvalue weighted by Gasteiger charge is -2.21. The quantitative estimate of drug-likeness (QED) is 0.759. The second-order valence-corrected chi connectivity index (χ2v) is 7.60. The van der Waals surface area contributed by atoms with Crippen LogP contribution in [0.5, 0.6) is 0 Å². The molecule has 0 bridgehead atoms. The highest BCUT2D eigenvalue weighted by Gasteiger charge is 2.21. The molecule has 27 heavy (non-hydrogen) atoms. The van der Waals surface area contributed by atoms with Gasteiger partial charge in [-0.1, -0.05) is 37.1 Å². The second kappa shape index (κ2) is 8.67. The average molecular weight is 367 g/mol. The van der Waals surface area contributed by atoms with Crippen molar-refractivity contribution < 1.29 is 4.79 Å². The summed E-state index contributed by atoms with van der Waals surface area (Å²) in [6, 6.07) is 8.45. The van der Waals surface area contributed by atoms with Gasteiger partial charge >= 0.3 is 0 Å². The number of nitrogens with one attached hydrogen (secondary N) is 3. The van der Waals surface area contributed by atoms with Gasteiger partial charge in [0.2, 0.25) is 0 Å². The number of rotatable bonds is 5. The molecule has 3 heterocycles. The fourth-order valence-electron chi connectivity index (χ4n) is 4.09. The summed E-state index contributed by atoms with van der Waals surface area (Å²) in [6.07, 6.45) is 6.16. The van der Waals surface area contributed by atoms with Gasteiger partial charge in [0.15, 0.2) is 5.69 Å². The number of H-pyrrole nitrogens is 1. The van der Waals surface area contributed by atoms with Crippen LogP contribution in [0.2, 0.25) is 0 Å². The topological polar surface area (TPSA) is 73.0 Å². The van der Waals surface area contributed by atoms with Crippen LogP contribution in [0, 0.1) is 0 Å². The summed E-state index contributed by atoms with van der Waals surface area (Å²) in [5.41, 5.74) is 5.13. The summed E-state index contributed by atoms with van der Waals surface area (Å²) < 4.78 is 0. The summed E-state index contributed by atoms with van der Waals surface area (Å²) in [6.45, 7) is 5.49. The minimum Gasteiger partial charge on any atom is -0.347 e. The molecule has 3 N–H and O–H groups in total. The molecule has 144 valence electrons. The van der Waals surface area contributed by atoms with E-state index in [1.54, 1.807) is 0 Å². The van der Waals surface area contributed by atoms with Gasteiger partial charge in [0.05, 0.1) is 0 Å². The summed E-state index contributed by atoms with van der Waals surface area (Å²) >= 11 is 0. The van der Waals surface area contributed by atoms with E-state index in [1.807, 2.05) is 6.07 Å². The van der Waals surface area contributed by atoms with Gasteiger partial charge in [0.1, 0.15) is 0 Å². The van der Waals surface area contributed by atoms with E-state index in [0.29, 0.717) is 18.8 Å². The first-order chi connectivity index (χ1) is 13.3. The Morgan fingerprint density at radius 1 is 1.11 bits per heavy atom. The van der Waals surface area contributed by atoms with Crippen molar-refractivity contribution in [3.05, 3.63) is 52.3 Å². The monoisotopic (exact) mass is 367 g/mol. The molecule has 4 rings (SSSR count). The van der Waals surface area contributed by atoms with Crippen molar-refractivity contribution in [3.63, 3.8) is 0 Å². The second-order valence-electron chi connectivity index (χ2n) is 7.60. The molecule has 1 aromatic carbocycles. The van der Waals surface area contributed by atoms with Crippen molar-refractivity contribution in [2.45, 2.75) is 51.7 Å². The third-order valence-corrected chi connectivity index (χ3v) is 5.67. The van der Waals surface area contributed by atoms with Gasteiger partial charge in [-0.25, -0.2) is 0 Å². The molecular formula is C21H29N5O. The predicted octanol–water partition coefficient (Wildman–Crippen LogP) is 2.36. The Bertz CT molecular complexity index is 777. The Morgan fingerprint density at radius 3 is 2.70 bits per heavy atom. The number of aromatic amines is 1. The molecule has 0 unspecified atom stereocenters. The molecule has 2 aliphatic heterocycles. The molecule has 1 fully saturated rings. The molecule has 2 aliphatic rings. The zero-order chi connectivity index (χ0) is 18.5. The molecule has 6 nitrogen and oxygen atoms in total. The minimum atomic E-state index is -0.0965. The van der Waals surface area contributed by atoms with Crippen molar-refractivity contribution in [3.8, 4) is 0 Å². The maximum atomic E-state index is 12.7. The fraction of sp³-hybridized carbons (Fsp3) is 0.524. The van der Waals surface area contributed by atoms with Gasteiger partial charge in [0.25, 0.3) is 5.91 Å². The van der Waals surface area contributed by atoms with Gasteiger partial charge in [-0.2, -0.15) is 5.10 Å². The van der Waals surface area contributed by atoms with Gasteiger partial charge < -0.3 is 10.6 Å². The average Bonchev–Trinajstić information content (AvgIpc) is 2.97. The molecule has 0 saturated carbocycles. The minimum absolute atomic E-state index is 0.0965. The summed E-state index contributed by atoms with van der Waals surface area (Å²) in [4.78, 5) is 15.2. The van der Waals surface area contributed by atoms with Crippen molar-refractivity contribution in [2.75, 3.05) is 19.6 Å². The molecule has 1 amide bonds. The number of hydrogen-bond acceptors (Lipinski definition) is 4. The van der Waals surface area contributed by atoms with E-state index in [0.717, 1.165) is 30.8 Å². The lowest BCUT2D eigenvalue weighted by Crippen LogP contribution is -2.29. The number of carbonyl (C=O) groups is 1. The van der Waals surface area contributed by atoms with Crippen molar-refractivity contribution in [1.29, 1.82) is 0 Å². The lowest BCUT2D eigenvalue weighted by molar-refractivity contribution is 0.0944. The molecule has 6 heteroatoms. The van der Waals surface area contributed by atoms with Gasteiger partial charge in [-0.15, -0.1) is 0 Å². The van der Waals surface area contributed by atoms with Crippen LogP contribution in [0.4, 0.5) is 0 Å². The van der Waals surface area contributed by atoms with Gasteiger partial charge in [0, 0.05) is 43.9 Å². The van der Waals surface area contributed by atoms with E-state index in [2.05, 4.69) is 43.9 Å². The SMILES string of the molecule is O=C(NCc1ccccc1CN1CCCCCC1)c1n[nH]c2c1CNCC2. The van der Waals surface area contributed by atoms with Crippen molar-refractivity contribution in [1.82, 2.24) is 25.7 Å². The Balaban J connectivity index is 1.41. The molecule has 1 saturated heterocycles. The first-order valence-electron chi connectivity index (χ1n) is 10.2. The Kier molecular flexibility index (Phi) is 5.84. The maximum Gasteiger partial charge on any atom is 0.272 e. The Hall–Kier alpha value is -2.18. The number of hydrogen-bond donors (Lipinski definition) is 3. The van der Waals surface area contributed by atoms with E-state index >= 15 is 0 Å². The van der Waals surface area contributed by atoms with Crippen LogP contribution in [0.15, 0.2) is 24.3 Å². The Morgan fingerprint density at radius 2 is 1.89 bits per heavy atom. The standard InChI is InChI=1S/C21H29N5O/c27-21(20-18-14-22-10-9-19(18)24-25-20)23-13-16-7-3-4-8-17(16)15-26-11-5-1-2-6-12-26/h3-4,7-8,22H,1-2,5-6,9-15H2,(H,23,27)(H,24,25). The molecule has 0 atom stereocenters. The maximum absolute atomic E-state index is 12.7. The zero-order valence-corrected chi connectivity index (χ0v) is 15.9. The number of benzene rings is 1. The highest BCUT2D eigenvalue weighted by atomic mass is 16.1. The van der Waals surface area contributed by atoms with Crippen LogP contribution in [0.25, 0.3) is 0 Å². The number of nitrogens with zero attached hydrogens (tertiary/aromatic N) is 2. The van der Waals surface area contributed by atoms with Crippen LogP contribution in [-0.4, -0.2) is 40.6 Å². The molecular weight excluding hydrogens is 338 g/mol. The molecule has 1 aromatic heterocycles. The highest BCUT2D eigenvalue weighted by molar-refractivity contribution is 5.94. The summed E-state index contributed by atoms with van der Waals surface area (Å²) in [5.74, 6) is -0.0965. The highest BCUT2D eigenvalue weighted by Crippen LogP contribution is 2.18. The zero-order valence-electron chi connectivity index (χ0n) is 15.9. The fourth-order valence-corrected chi connectivity index (χ4v) is 4.09. The third-order valence-electron chi connectivity index (χ3n) is 5.67. The van der Waals surface area contributed by atoms with E-state index in [-0.39, 0.29) is 5.91 Å². The number of likely N-dealkylation sites (tertiary alicyclic amines) is 1. The van der Waals surface area contributed by atoms with Crippen molar-refractivity contribution >= 4 is 5.91 Å². The van der Waals surface area contributed by atoms with Crippen LogP contribution < -0.4 is 10.6 Å². The number of aromatic nitrogens is 2.